The van der Waals surface area contributed by atoms with Crippen molar-refractivity contribution < 1.29 is 84.9 Å². The lowest BCUT2D eigenvalue weighted by Gasteiger charge is -2.33. The second-order valence-electron chi connectivity index (χ2n) is 24.2. The second kappa shape index (κ2) is 26.2. The van der Waals surface area contributed by atoms with Crippen molar-refractivity contribution in [2.75, 3.05) is 24.8 Å². The average Bonchev–Trinajstić information content (AvgIpc) is 1.53. The van der Waals surface area contributed by atoms with E-state index in [0.717, 1.165) is 47.9 Å². The molecule has 0 aliphatic heterocycles. The number of phosphoric ester groups is 1. The number of fused-ring (bicyclic) bond motifs is 5. The zero-order chi connectivity index (χ0) is 69.5. The van der Waals surface area contributed by atoms with Crippen molar-refractivity contribution >= 4 is 76.5 Å². The number of rotatable bonds is 25. The molecule has 1 N–H and O–H groups in total. The summed E-state index contributed by atoms with van der Waals surface area (Å²) in [7, 11) is -9.80. The van der Waals surface area contributed by atoms with Crippen LogP contribution >= 0.6 is 27.0 Å². The van der Waals surface area contributed by atoms with Gasteiger partial charge in [-0.25, -0.2) is 54.3 Å². The summed E-state index contributed by atoms with van der Waals surface area (Å²) in [6.45, 7) is 9.85. The Kier molecular flexibility index (Phi) is 19.4. The number of benzene rings is 4. The molecule has 1 fully saturated rings. The highest BCUT2D eigenvalue weighted by atomic mass is 35.5. The fraction of sp³-hybridized carbons (Fsp3) is 0.410. The fourth-order valence-corrected chi connectivity index (χ4v) is 15.9. The van der Waals surface area contributed by atoms with Gasteiger partial charge in [0.2, 0.25) is 21.8 Å². The van der Waals surface area contributed by atoms with Crippen molar-refractivity contribution in [1.82, 2.24) is 44.4 Å². The Morgan fingerprint density at radius 1 is 0.905 bits per heavy atom. The third-order valence-corrected chi connectivity index (χ3v) is 20.8. The molecule has 10 rings (SSSR count). The minimum absolute atomic E-state index is 0.0243. The molecule has 2 aliphatic carbocycles. The number of anilines is 1. The van der Waals surface area contributed by atoms with Gasteiger partial charge in [-0.3, -0.25) is 41.9 Å². The SMILES string of the molecule is COP(=O)(Cc1cc(C)cc(OP(=O)(OC(C)C)OC(C)C)c1C(C)(C)CC(=O)N(c1nn(C)c2c(-n3c([C@H](Cc4cc(F)cc(F)c4)NC(=O)Cn4nc(C(F)F)c5c4C(F)(F)[C@@H]4C[C@H]54)nc4cc(-c5nccc(C(F)F)n5)ccc4c3=O)ccc(Cl)c12)S(C)(=O)=O)OC. The molecule has 3 atom stereocenters. The minimum atomic E-state index is -4.84. The first-order valence-electron chi connectivity index (χ1n) is 29.3. The third kappa shape index (κ3) is 14.1. The lowest BCUT2D eigenvalue weighted by molar-refractivity contribution is -0.123. The van der Waals surface area contributed by atoms with Gasteiger partial charge in [-0.1, -0.05) is 37.6 Å². The highest BCUT2D eigenvalue weighted by Crippen LogP contribution is 2.68. The molecule has 4 aromatic carbocycles. The number of aromatic nitrogens is 8. The Morgan fingerprint density at radius 3 is 2.18 bits per heavy atom. The first kappa shape index (κ1) is 70.3. The molecule has 4 heterocycles. The molecule has 4 aromatic heterocycles. The first-order chi connectivity index (χ1) is 44.4. The molecule has 0 saturated heterocycles. The lowest BCUT2D eigenvalue weighted by atomic mass is 9.78. The second-order valence-corrected chi connectivity index (χ2v) is 30.2. The Morgan fingerprint density at radius 2 is 1.57 bits per heavy atom. The van der Waals surface area contributed by atoms with E-state index in [9.17, 15) is 39.9 Å². The summed E-state index contributed by atoms with van der Waals surface area (Å²) < 4.78 is 208. The van der Waals surface area contributed by atoms with Crippen molar-refractivity contribution in [3.8, 4) is 22.8 Å². The van der Waals surface area contributed by atoms with E-state index in [2.05, 4.69) is 25.5 Å². The Balaban J connectivity index is 1.16. The van der Waals surface area contributed by atoms with Crippen LogP contribution in [0.3, 0.4) is 0 Å². The van der Waals surface area contributed by atoms with E-state index in [0.29, 0.717) is 26.9 Å². The van der Waals surface area contributed by atoms with Gasteiger partial charge < -0.3 is 18.9 Å². The number of nitrogens with one attached hydrogen (secondary N) is 1. The van der Waals surface area contributed by atoms with Gasteiger partial charge in [0.25, 0.3) is 24.3 Å². The minimum Gasteiger partial charge on any atom is -0.404 e. The standard InChI is InChI=1S/C61H63ClF8N10O12P2S/c1-29(2)90-94(85,91-30(3)4)92-45-19-31(5)18-34(28-93(84,88-9)89-10)50(45)60(6,7)26-47(82)80(95(11,86)87)58-49-40(62)14-15-44(52(49)77(8)76-58)79-57(74-42-23-33(12-13-37(42)59(79)83)56-71-17-16-41(73-56)54(65)66)43(22-32-20-35(63)24-36(64)21-32)72-46(81)27-78-53-48(51(75-78)55(67)68)38-25-39(38)61(53,69)70/h12-21,23-24,29-30,38-39,43,54-55H,22,25-28H2,1-11H3,(H,72,81)/t38-,39+,43-/m0/s1. The predicted molar refractivity (Wildman–Crippen MR) is 333 cm³/mol. The fourth-order valence-electron chi connectivity index (χ4n) is 12.1. The van der Waals surface area contributed by atoms with Crippen molar-refractivity contribution in [3.05, 3.63) is 151 Å². The normalized spacial score (nSPS) is 16.0. The van der Waals surface area contributed by atoms with Gasteiger partial charge in [0.15, 0.2) is 11.6 Å². The van der Waals surface area contributed by atoms with E-state index in [-0.39, 0.29) is 72.8 Å². The van der Waals surface area contributed by atoms with Gasteiger partial charge in [-0.05, 0) is 112 Å². The Labute approximate surface area is 543 Å². The number of carbonyl (C=O) groups is 2. The molecule has 0 bridgehead atoms. The molecule has 508 valence electrons. The summed E-state index contributed by atoms with van der Waals surface area (Å²) in [6, 6.07) is 10.7. The van der Waals surface area contributed by atoms with Crippen LogP contribution in [0.2, 0.25) is 5.02 Å². The number of halogens is 9. The van der Waals surface area contributed by atoms with Crippen LogP contribution in [0.15, 0.2) is 77.7 Å². The summed E-state index contributed by atoms with van der Waals surface area (Å²) in [5.41, 5.74) is -5.78. The quantitative estimate of drug-likeness (QED) is 0.0412. The van der Waals surface area contributed by atoms with Crippen molar-refractivity contribution in [1.29, 1.82) is 0 Å². The van der Waals surface area contributed by atoms with Gasteiger partial charge in [0.05, 0.1) is 63.2 Å². The number of phosphoric acid groups is 1. The first-order valence-corrected chi connectivity index (χ1v) is 34.7. The number of hydrogen-bond acceptors (Lipinski definition) is 17. The third-order valence-electron chi connectivity index (χ3n) is 15.8. The maximum Gasteiger partial charge on any atom is 0.530 e. The summed E-state index contributed by atoms with van der Waals surface area (Å²) in [5, 5.41) is 10.0. The largest absolute Gasteiger partial charge is 0.530 e. The number of carbonyl (C=O) groups excluding carboxylic acids is 2. The molecule has 2 aliphatic rings. The number of nitrogens with zero attached hydrogens (tertiary/aromatic N) is 9. The maximum atomic E-state index is 15.9. The van der Waals surface area contributed by atoms with Crippen molar-refractivity contribution in [2.45, 2.75) is 129 Å². The molecule has 34 heteroatoms. The van der Waals surface area contributed by atoms with Crippen molar-refractivity contribution in [2.24, 2.45) is 13.0 Å². The van der Waals surface area contributed by atoms with Gasteiger partial charge in [0.1, 0.15) is 46.8 Å². The van der Waals surface area contributed by atoms with E-state index >= 15 is 27.2 Å². The molecule has 22 nitrogen and oxygen atoms in total. The maximum absolute atomic E-state index is 15.9. The number of hydrogen-bond donors (Lipinski definition) is 1. The smallest absolute Gasteiger partial charge is 0.404 e. The van der Waals surface area contributed by atoms with Crippen LogP contribution in [0.5, 0.6) is 5.75 Å². The number of sulfonamides is 1. The number of alkyl halides is 6. The summed E-state index contributed by atoms with van der Waals surface area (Å²) in [6.07, 6.45) is -8.09. The molecule has 0 unspecified atom stereocenters. The van der Waals surface area contributed by atoms with Gasteiger partial charge >= 0.3 is 15.4 Å². The number of aryl methyl sites for hydroxylation is 2. The highest BCUT2D eigenvalue weighted by Gasteiger charge is 2.67. The van der Waals surface area contributed by atoms with E-state index in [1.807, 2.05) is 0 Å². The zero-order valence-electron chi connectivity index (χ0n) is 52.6. The van der Waals surface area contributed by atoms with E-state index in [1.165, 1.54) is 57.3 Å². The summed E-state index contributed by atoms with van der Waals surface area (Å²) in [4.78, 5) is 58.6. The lowest BCUT2D eigenvalue weighted by Crippen LogP contribution is -2.40. The van der Waals surface area contributed by atoms with E-state index in [1.54, 1.807) is 40.7 Å². The molecule has 2 amide bonds. The predicted octanol–water partition coefficient (Wildman–Crippen LogP) is 13.3. The van der Waals surface area contributed by atoms with Crippen LogP contribution in [-0.2, 0) is 84.4 Å². The van der Waals surface area contributed by atoms with Crippen LogP contribution in [0.4, 0.5) is 40.9 Å². The van der Waals surface area contributed by atoms with E-state index < -0.39 is 169 Å². The Bertz CT molecular complexity index is 4650. The molecule has 8 aromatic rings. The molecule has 1 saturated carbocycles. The average molecular weight is 1410 g/mol. The topological polar surface area (TPSA) is 260 Å². The summed E-state index contributed by atoms with van der Waals surface area (Å²) in [5.74, 6) is -12.2. The molecule has 0 radical (unpaired) electrons. The molecule has 95 heavy (non-hydrogen) atoms. The van der Waals surface area contributed by atoms with Crippen LogP contribution in [0.1, 0.15) is 130 Å². The Hall–Kier alpha value is -7.50. The van der Waals surface area contributed by atoms with Crippen LogP contribution in [0, 0.1) is 24.5 Å². The zero-order valence-corrected chi connectivity index (χ0v) is 56.0. The molecular weight excluding hydrogens is 1350 g/mol. The molecule has 0 spiro atoms. The molecular formula is C61H63ClF8N10O12P2S. The van der Waals surface area contributed by atoms with Gasteiger partial charge in [-0.15, -0.1) is 0 Å². The monoisotopic (exact) mass is 1410 g/mol. The number of amides is 2. The van der Waals surface area contributed by atoms with Crippen LogP contribution in [0.25, 0.3) is 38.9 Å². The van der Waals surface area contributed by atoms with E-state index in [4.69, 9.17) is 39.2 Å². The van der Waals surface area contributed by atoms with Gasteiger partial charge in [-0.2, -0.15) is 23.3 Å². The van der Waals surface area contributed by atoms with Crippen LogP contribution < -0.4 is 19.7 Å². The summed E-state index contributed by atoms with van der Waals surface area (Å²) >= 11 is 7.06. The van der Waals surface area contributed by atoms with Crippen molar-refractivity contribution in [3.63, 3.8) is 0 Å². The van der Waals surface area contributed by atoms with Gasteiger partial charge in [0, 0.05) is 74.4 Å². The van der Waals surface area contributed by atoms with Crippen LogP contribution in [-0.4, -0.2) is 92.0 Å². The highest BCUT2D eigenvalue weighted by molar-refractivity contribution is 7.92.